The van der Waals surface area contributed by atoms with E-state index in [0.29, 0.717) is 12.2 Å². The van der Waals surface area contributed by atoms with E-state index in [1.54, 1.807) is 31.2 Å². The fourth-order valence-corrected chi connectivity index (χ4v) is 1.30. The maximum atomic E-state index is 11.7. The van der Waals surface area contributed by atoms with Crippen molar-refractivity contribution in [3.05, 3.63) is 29.8 Å². The molecule has 0 fully saturated rings. The van der Waals surface area contributed by atoms with Gasteiger partial charge in [0.15, 0.2) is 0 Å². The molecule has 0 spiro atoms. The molecule has 1 unspecified atom stereocenters. The molecule has 1 rings (SSSR count). The Morgan fingerprint density at radius 3 is 2.40 bits per heavy atom. The Morgan fingerprint density at radius 1 is 1.40 bits per heavy atom. The number of hydrogen-bond acceptors (Lipinski definition) is 3. The van der Waals surface area contributed by atoms with Crippen molar-refractivity contribution < 1.29 is 4.79 Å². The third-order valence-electron chi connectivity index (χ3n) is 2.32. The minimum Gasteiger partial charge on any atom is -0.399 e. The fraction of sp³-hybridized carbons (Fsp3) is 0.364. The maximum absolute atomic E-state index is 11.7. The first-order valence-electron chi connectivity index (χ1n) is 4.91. The summed E-state index contributed by atoms with van der Waals surface area (Å²) in [5, 5.41) is 2.70. The van der Waals surface area contributed by atoms with E-state index in [9.17, 15) is 4.79 Å². The van der Waals surface area contributed by atoms with Crippen LogP contribution in [-0.4, -0.2) is 12.5 Å². The molecule has 0 radical (unpaired) electrons. The Labute approximate surface area is 89.6 Å². The minimum atomic E-state index is -1.01. The average molecular weight is 207 g/mol. The van der Waals surface area contributed by atoms with Crippen LogP contribution in [0.5, 0.6) is 0 Å². The number of benzene rings is 1. The zero-order valence-electron chi connectivity index (χ0n) is 9.08. The molecule has 4 heteroatoms. The van der Waals surface area contributed by atoms with Gasteiger partial charge in [0.1, 0.15) is 5.54 Å². The van der Waals surface area contributed by atoms with E-state index in [0.717, 1.165) is 5.56 Å². The predicted octanol–water partition coefficient (Wildman–Crippen LogP) is 0.579. The largest absolute Gasteiger partial charge is 0.399 e. The van der Waals surface area contributed by atoms with E-state index >= 15 is 0 Å². The quantitative estimate of drug-likeness (QED) is 0.634. The molecule has 0 aliphatic rings. The van der Waals surface area contributed by atoms with Crippen molar-refractivity contribution in [1.29, 1.82) is 0 Å². The molecule has 5 N–H and O–H groups in total. The smallest absolute Gasteiger partial charge is 0.244 e. The van der Waals surface area contributed by atoms with Crippen LogP contribution in [0.25, 0.3) is 0 Å². The van der Waals surface area contributed by atoms with Crippen LogP contribution in [0.2, 0.25) is 0 Å². The van der Waals surface area contributed by atoms with Gasteiger partial charge in [0, 0.05) is 12.2 Å². The van der Waals surface area contributed by atoms with Gasteiger partial charge < -0.3 is 16.8 Å². The SMILES string of the molecule is CCNC(=O)C(C)(N)c1ccc(N)cc1. The van der Waals surface area contributed by atoms with Crippen LogP contribution in [0.4, 0.5) is 5.69 Å². The molecule has 0 aliphatic heterocycles. The lowest BCUT2D eigenvalue weighted by molar-refractivity contribution is -0.126. The Bertz CT molecular complexity index is 343. The zero-order valence-corrected chi connectivity index (χ0v) is 9.08. The van der Waals surface area contributed by atoms with Crippen LogP contribution in [0.3, 0.4) is 0 Å². The van der Waals surface area contributed by atoms with Crippen molar-refractivity contribution in [2.24, 2.45) is 5.73 Å². The summed E-state index contributed by atoms with van der Waals surface area (Å²) in [7, 11) is 0. The highest BCUT2D eigenvalue weighted by molar-refractivity contribution is 5.87. The van der Waals surface area contributed by atoms with Crippen LogP contribution >= 0.6 is 0 Å². The Balaban J connectivity index is 2.94. The number of carbonyl (C=O) groups excluding carboxylic acids is 1. The van der Waals surface area contributed by atoms with Crippen molar-refractivity contribution in [2.45, 2.75) is 19.4 Å². The number of anilines is 1. The van der Waals surface area contributed by atoms with E-state index in [1.165, 1.54) is 0 Å². The van der Waals surface area contributed by atoms with E-state index in [2.05, 4.69) is 5.32 Å². The van der Waals surface area contributed by atoms with E-state index < -0.39 is 5.54 Å². The summed E-state index contributed by atoms with van der Waals surface area (Å²) < 4.78 is 0. The monoisotopic (exact) mass is 207 g/mol. The van der Waals surface area contributed by atoms with Crippen LogP contribution in [0, 0.1) is 0 Å². The van der Waals surface area contributed by atoms with Gasteiger partial charge in [0.25, 0.3) is 0 Å². The molecule has 0 aromatic heterocycles. The molecule has 1 aromatic rings. The Kier molecular flexibility index (Phi) is 3.31. The first kappa shape index (κ1) is 11.5. The molecule has 4 nitrogen and oxygen atoms in total. The Hall–Kier alpha value is -1.55. The van der Waals surface area contributed by atoms with Gasteiger partial charge in [-0.15, -0.1) is 0 Å². The lowest BCUT2D eigenvalue weighted by Gasteiger charge is -2.23. The molecule has 0 aliphatic carbocycles. The number of nitrogen functional groups attached to an aromatic ring is 1. The van der Waals surface area contributed by atoms with Crippen molar-refractivity contribution in [2.75, 3.05) is 12.3 Å². The third kappa shape index (κ3) is 2.47. The number of amides is 1. The molecule has 1 amide bonds. The van der Waals surface area contributed by atoms with Gasteiger partial charge in [-0.1, -0.05) is 12.1 Å². The number of rotatable bonds is 3. The molecule has 0 bridgehead atoms. The number of likely N-dealkylation sites (N-methyl/N-ethyl adjacent to an activating group) is 1. The minimum absolute atomic E-state index is 0.185. The second-order valence-corrected chi connectivity index (χ2v) is 3.68. The first-order valence-corrected chi connectivity index (χ1v) is 4.91. The standard InChI is InChI=1S/C11H17N3O/c1-3-14-10(15)11(2,13)8-4-6-9(12)7-5-8/h4-7H,3,12-13H2,1-2H3,(H,14,15). The van der Waals surface area contributed by atoms with Gasteiger partial charge in [-0.2, -0.15) is 0 Å². The number of nitrogens with two attached hydrogens (primary N) is 2. The van der Waals surface area contributed by atoms with Gasteiger partial charge in [0.05, 0.1) is 0 Å². The summed E-state index contributed by atoms with van der Waals surface area (Å²) in [6, 6.07) is 7.01. The zero-order chi connectivity index (χ0) is 11.5. The summed E-state index contributed by atoms with van der Waals surface area (Å²) in [6.45, 7) is 4.11. The molecule has 1 atom stereocenters. The highest BCUT2D eigenvalue weighted by Crippen LogP contribution is 2.19. The average Bonchev–Trinajstić information content (AvgIpc) is 2.18. The van der Waals surface area contributed by atoms with Crippen molar-refractivity contribution in [3.63, 3.8) is 0 Å². The number of nitrogens with one attached hydrogen (secondary N) is 1. The molecule has 0 heterocycles. The van der Waals surface area contributed by atoms with Crippen molar-refractivity contribution in [1.82, 2.24) is 5.32 Å². The second-order valence-electron chi connectivity index (χ2n) is 3.68. The molecule has 0 saturated carbocycles. The van der Waals surface area contributed by atoms with E-state index in [-0.39, 0.29) is 5.91 Å². The van der Waals surface area contributed by atoms with Crippen molar-refractivity contribution >= 4 is 11.6 Å². The second kappa shape index (κ2) is 4.31. The lowest BCUT2D eigenvalue weighted by atomic mass is 9.92. The Morgan fingerprint density at radius 2 is 1.93 bits per heavy atom. The highest BCUT2D eigenvalue weighted by Gasteiger charge is 2.29. The molecular formula is C11H17N3O. The summed E-state index contributed by atoms with van der Waals surface area (Å²) in [6.07, 6.45) is 0. The van der Waals surface area contributed by atoms with Gasteiger partial charge >= 0.3 is 0 Å². The van der Waals surface area contributed by atoms with Crippen LogP contribution in [-0.2, 0) is 10.3 Å². The van der Waals surface area contributed by atoms with E-state index in [1.807, 2.05) is 6.92 Å². The first-order chi connectivity index (χ1) is 6.98. The normalized spacial score (nSPS) is 14.3. The number of carbonyl (C=O) groups is 1. The molecule has 82 valence electrons. The van der Waals surface area contributed by atoms with Gasteiger partial charge in [-0.05, 0) is 31.5 Å². The summed E-state index contributed by atoms with van der Waals surface area (Å²) in [5.41, 5.74) is 11.9. The lowest BCUT2D eigenvalue weighted by Crippen LogP contribution is -2.48. The topological polar surface area (TPSA) is 81.1 Å². The van der Waals surface area contributed by atoms with Gasteiger partial charge in [-0.3, -0.25) is 4.79 Å². The molecule has 1 aromatic carbocycles. The highest BCUT2D eigenvalue weighted by atomic mass is 16.2. The number of hydrogen-bond donors (Lipinski definition) is 3. The predicted molar refractivity (Wildman–Crippen MR) is 61.1 cm³/mol. The summed E-state index contributed by atoms with van der Waals surface area (Å²) in [5.74, 6) is -0.185. The van der Waals surface area contributed by atoms with Crippen molar-refractivity contribution in [3.8, 4) is 0 Å². The molecular weight excluding hydrogens is 190 g/mol. The van der Waals surface area contributed by atoms with Crippen LogP contribution in [0.15, 0.2) is 24.3 Å². The summed E-state index contributed by atoms with van der Waals surface area (Å²) in [4.78, 5) is 11.7. The van der Waals surface area contributed by atoms with Gasteiger partial charge in [0.2, 0.25) is 5.91 Å². The van der Waals surface area contributed by atoms with E-state index in [4.69, 9.17) is 11.5 Å². The third-order valence-corrected chi connectivity index (χ3v) is 2.32. The summed E-state index contributed by atoms with van der Waals surface area (Å²) >= 11 is 0. The van der Waals surface area contributed by atoms with Crippen LogP contribution in [0.1, 0.15) is 19.4 Å². The molecule has 15 heavy (non-hydrogen) atoms. The maximum Gasteiger partial charge on any atom is 0.244 e. The molecule has 0 saturated heterocycles. The van der Waals surface area contributed by atoms with Gasteiger partial charge in [-0.25, -0.2) is 0 Å². The fourth-order valence-electron chi connectivity index (χ4n) is 1.30. The van der Waals surface area contributed by atoms with Crippen LogP contribution < -0.4 is 16.8 Å².